The number of thiocarbonyl (C=S) groups is 1. The van der Waals surface area contributed by atoms with Gasteiger partial charge in [-0.2, -0.15) is 0 Å². The third-order valence-corrected chi connectivity index (χ3v) is 3.77. The van der Waals surface area contributed by atoms with E-state index in [0.29, 0.717) is 18.0 Å². The summed E-state index contributed by atoms with van der Waals surface area (Å²) in [6, 6.07) is 7.63. The summed E-state index contributed by atoms with van der Waals surface area (Å²) in [6.45, 7) is 3.70. The first kappa shape index (κ1) is 15.7. The van der Waals surface area contributed by atoms with Crippen LogP contribution in [0.1, 0.15) is 5.56 Å². The Kier molecular flexibility index (Phi) is 5.52. The Hall–Kier alpha value is -1.66. The second kappa shape index (κ2) is 7.38. The quantitative estimate of drug-likeness (QED) is 0.810. The summed E-state index contributed by atoms with van der Waals surface area (Å²) in [7, 11) is 1.62. The Morgan fingerprint density at radius 3 is 2.57 bits per heavy atom. The highest BCUT2D eigenvalue weighted by molar-refractivity contribution is 7.80. The van der Waals surface area contributed by atoms with Crippen molar-refractivity contribution in [2.45, 2.75) is 6.42 Å². The minimum atomic E-state index is 0.134. The van der Waals surface area contributed by atoms with Crippen molar-refractivity contribution >= 4 is 23.1 Å². The fraction of sp³-hybridized carbons (Fsp3) is 0.467. The molecule has 1 amide bonds. The van der Waals surface area contributed by atoms with E-state index in [2.05, 4.69) is 4.90 Å². The number of hydrogen-bond acceptors (Lipinski definition) is 4. The lowest BCUT2D eigenvalue weighted by atomic mass is 10.1. The average Bonchev–Trinajstić information content (AvgIpc) is 2.48. The number of ether oxygens (including phenoxy) is 1. The van der Waals surface area contributed by atoms with Crippen molar-refractivity contribution in [2.24, 2.45) is 5.73 Å². The number of piperazine rings is 1. The molecule has 1 aromatic carbocycles. The average molecular weight is 307 g/mol. The number of benzene rings is 1. The van der Waals surface area contributed by atoms with Crippen molar-refractivity contribution < 1.29 is 9.53 Å². The lowest BCUT2D eigenvalue weighted by Crippen LogP contribution is -2.50. The van der Waals surface area contributed by atoms with E-state index in [1.165, 1.54) is 0 Å². The molecule has 6 heteroatoms. The standard InChI is InChI=1S/C15H21N3O2S/c1-20-13-5-3-2-4-12(13)10-15(19)18-8-6-17(7-9-18)11-14(16)21/h2-5H,6-11H2,1H3,(H2,16,21). The van der Waals surface area contributed by atoms with Gasteiger partial charge in [0.1, 0.15) is 5.75 Å². The van der Waals surface area contributed by atoms with Crippen LogP contribution in [0.25, 0.3) is 0 Å². The summed E-state index contributed by atoms with van der Waals surface area (Å²) < 4.78 is 5.29. The summed E-state index contributed by atoms with van der Waals surface area (Å²) >= 11 is 4.91. The normalized spacial score (nSPS) is 15.8. The van der Waals surface area contributed by atoms with Crippen molar-refractivity contribution in [3.63, 3.8) is 0 Å². The molecule has 1 heterocycles. The molecule has 5 nitrogen and oxygen atoms in total. The monoisotopic (exact) mass is 307 g/mol. The molecule has 1 aliphatic heterocycles. The molecule has 1 aromatic rings. The van der Waals surface area contributed by atoms with E-state index in [9.17, 15) is 4.79 Å². The summed E-state index contributed by atoms with van der Waals surface area (Å²) in [5.41, 5.74) is 6.47. The van der Waals surface area contributed by atoms with E-state index in [4.69, 9.17) is 22.7 Å². The summed E-state index contributed by atoms with van der Waals surface area (Å²) in [6.07, 6.45) is 0.374. The highest BCUT2D eigenvalue weighted by Crippen LogP contribution is 2.18. The van der Waals surface area contributed by atoms with E-state index in [1.54, 1.807) is 7.11 Å². The molecule has 0 atom stereocenters. The lowest BCUT2D eigenvalue weighted by molar-refractivity contribution is -0.132. The molecule has 2 N–H and O–H groups in total. The van der Waals surface area contributed by atoms with E-state index in [0.717, 1.165) is 37.5 Å². The van der Waals surface area contributed by atoms with Crippen LogP contribution in [0, 0.1) is 0 Å². The zero-order valence-corrected chi connectivity index (χ0v) is 13.1. The Bertz CT molecular complexity index is 513. The molecule has 0 aliphatic carbocycles. The Morgan fingerprint density at radius 1 is 1.29 bits per heavy atom. The van der Waals surface area contributed by atoms with Gasteiger partial charge in [-0.05, 0) is 6.07 Å². The molecule has 1 saturated heterocycles. The van der Waals surface area contributed by atoms with Gasteiger partial charge in [0.25, 0.3) is 0 Å². The largest absolute Gasteiger partial charge is 0.496 e. The maximum atomic E-state index is 12.4. The van der Waals surface area contributed by atoms with Gasteiger partial charge in [0.2, 0.25) is 5.91 Å². The summed E-state index contributed by atoms with van der Waals surface area (Å²) in [4.78, 5) is 16.9. The smallest absolute Gasteiger partial charge is 0.227 e. The van der Waals surface area contributed by atoms with Crippen molar-refractivity contribution in [2.75, 3.05) is 39.8 Å². The van der Waals surface area contributed by atoms with Crippen LogP contribution in [0.2, 0.25) is 0 Å². The van der Waals surface area contributed by atoms with Crippen LogP contribution < -0.4 is 10.5 Å². The molecule has 114 valence electrons. The Morgan fingerprint density at radius 2 is 1.95 bits per heavy atom. The van der Waals surface area contributed by atoms with Gasteiger partial charge in [-0.1, -0.05) is 30.4 Å². The van der Waals surface area contributed by atoms with Crippen LogP contribution in [-0.4, -0.2) is 60.5 Å². The second-order valence-corrected chi connectivity index (χ2v) is 5.64. The van der Waals surface area contributed by atoms with E-state index in [-0.39, 0.29) is 5.91 Å². The number of carbonyl (C=O) groups excluding carboxylic acids is 1. The second-order valence-electron chi connectivity index (χ2n) is 5.11. The van der Waals surface area contributed by atoms with Gasteiger partial charge in [-0.25, -0.2) is 0 Å². The van der Waals surface area contributed by atoms with Gasteiger partial charge >= 0.3 is 0 Å². The molecule has 2 rings (SSSR count). The van der Waals surface area contributed by atoms with E-state index >= 15 is 0 Å². The van der Waals surface area contributed by atoms with Gasteiger partial charge in [0.15, 0.2) is 0 Å². The topological polar surface area (TPSA) is 58.8 Å². The molecule has 21 heavy (non-hydrogen) atoms. The van der Waals surface area contributed by atoms with Crippen LogP contribution in [0.5, 0.6) is 5.75 Å². The van der Waals surface area contributed by atoms with Crippen LogP contribution in [0.3, 0.4) is 0 Å². The predicted molar refractivity (Wildman–Crippen MR) is 86.5 cm³/mol. The minimum Gasteiger partial charge on any atom is -0.496 e. The van der Waals surface area contributed by atoms with Crippen LogP contribution in [-0.2, 0) is 11.2 Å². The third-order valence-electron chi connectivity index (χ3n) is 3.64. The molecule has 0 unspecified atom stereocenters. The molecule has 0 bridgehead atoms. The molecule has 1 aliphatic rings. The van der Waals surface area contributed by atoms with Gasteiger partial charge in [0, 0.05) is 38.3 Å². The number of nitrogens with zero attached hydrogens (tertiary/aromatic N) is 2. The molecular weight excluding hydrogens is 286 g/mol. The molecule has 0 radical (unpaired) electrons. The van der Waals surface area contributed by atoms with Gasteiger partial charge in [-0.15, -0.1) is 0 Å². The predicted octanol–water partition coefficient (Wildman–Crippen LogP) is 0.668. The van der Waals surface area contributed by atoms with Gasteiger partial charge in [-0.3, -0.25) is 9.69 Å². The highest BCUT2D eigenvalue weighted by Gasteiger charge is 2.22. The van der Waals surface area contributed by atoms with E-state index < -0.39 is 0 Å². The minimum absolute atomic E-state index is 0.134. The lowest BCUT2D eigenvalue weighted by Gasteiger charge is -2.34. The Balaban J connectivity index is 1.89. The van der Waals surface area contributed by atoms with Crippen LogP contribution in [0.15, 0.2) is 24.3 Å². The van der Waals surface area contributed by atoms with Crippen LogP contribution in [0.4, 0.5) is 0 Å². The first-order valence-corrected chi connectivity index (χ1v) is 7.41. The number of carbonyl (C=O) groups is 1. The van der Waals surface area contributed by atoms with Crippen molar-refractivity contribution in [3.8, 4) is 5.75 Å². The zero-order valence-electron chi connectivity index (χ0n) is 12.2. The van der Waals surface area contributed by atoms with Crippen molar-refractivity contribution in [1.29, 1.82) is 0 Å². The third kappa shape index (κ3) is 4.41. The SMILES string of the molecule is COc1ccccc1CC(=O)N1CCN(CC(N)=S)CC1. The zero-order chi connectivity index (χ0) is 15.2. The van der Waals surface area contributed by atoms with Gasteiger partial charge in [0.05, 0.1) is 18.5 Å². The number of amides is 1. The number of nitrogens with two attached hydrogens (primary N) is 1. The molecule has 1 fully saturated rings. The Labute approximate surface area is 130 Å². The fourth-order valence-corrected chi connectivity index (χ4v) is 2.68. The number of rotatable bonds is 5. The number of para-hydroxylation sites is 1. The fourth-order valence-electron chi connectivity index (χ4n) is 2.50. The maximum absolute atomic E-state index is 12.4. The first-order valence-electron chi connectivity index (χ1n) is 7.00. The molecule has 0 aromatic heterocycles. The van der Waals surface area contributed by atoms with E-state index in [1.807, 2.05) is 29.2 Å². The van der Waals surface area contributed by atoms with Gasteiger partial charge < -0.3 is 15.4 Å². The molecule has 0 saturated carbocycles. The molecule has 0 spiro atoms. The van der Waals surface area contributed by atoms with Crippen LogP contribution >= 0.6 is 12.2 Å². The van der Waals surface area contributed by atoms with Crippen molar-refractivity contribution in [1.82, 2.24) is 9.80 Å². The number of hydrogen-bond donors (Lipinski definition) is 1. The summed E-state index contributed by atoms with van der Waals surface area (Å²) in [5, 5.41) is 0. The number of methoxy groups -OCH3 is 1. The maximum Gasteiger partial charge on any atom is 0.227 e. The summed E-state index contributed by atoms with van der Waals surface area (Å²) in [5.74, 6) is 0.896. The highest BCUT2D eigenvalue weighted by atomic mass is 32.1. The van der Waals surface area contributed by atoms with Crippen molar-refractivity contribution in [3.05, 3.63) is 29.8 Å². The first-order chi connectivity index (χ1) is 10.1. The molecular formula is C15H21N3O2S.